The fraction of sp³-hybridized carbons (Fsp3) is 0.136. The molecule has 3 aromatic rings. The minimum atomic E-state index is -0.340. The molecule has 3 rings (SSSR count). The first-order chi connectivity index (χ1) is 13.1. The van der Waals surface area contributed by atoms with Crippen LogP contribution in [0, 0.1) is 0 Å². The van der Waals surface area contributed by atoms with E-state index in [1.165, 1.54) is 12.3 Å². The molecule has 1 N–H and O–H groups in total. The van der Waals surface area contributed by atoms with Crippen LogP contribution in [-0.4, -0.2) is 23.8 Å². The predicted molar refractivity (Wildman–Crippen MR) is 107 cm³/mol. The summed E-state index contributed by atoms with van der Waals surface area (Å²) in [5, 5.41) is 2.88. The average Bonchev–Trinajstić information content (AvgIpc) is 2.73. The summed E-state index contributed by atoms with van der Waals surface area (Å²) in [6.07, 6.45) is 2.29. The van der Waals surface area contributed by atoms with E-state index in [0.29, 0.717) is 5.56 Å². The van der Waals surface area contributed by atoms with Crippen LogP contribution in [0.2, 0.25) is 0 Å². The van der Waals surface area contributed by atoms with Crippen molar-refractivity contribution in [1.82, 2.24) is 4.98 Å². The molecule has 136 valence electrons. The maximum absolute atomic E-state index is 12.7. The number of pyridine rings is 1. The van der Waals surface area contributed by atoms with E-state index in [4.69, 9.17) is 0 Å². The Kier molecular flexibility index (Phi) is 5.61. The first-order valence-corrected chi connectivity index (χ1v) is 8.78. The van der Waals surface area contributed by atoms with Crippen molar-refractivity contribution >= 4 is 23.2 Å². The molecule has 1 aromatic heterocycles. The molecule has 0 saturated carbocycles. The van der Waals surface area contributed by atoms with Crippen LogP contribution in [0.3, 0.4) is 0 Å². The molecule has 0 spiro atoms. The number of carbonyl (C=O) groups excluding carboxylic acids is 2. The van der Waals surface area contributed by atoms with Crippen molar-refractivity contribution in [3.05, 3.63) is 89.7 Å². The van der Waals surface area contributed by atoms with E-state index < -0.39 is 0 Å². The van der Waals surface area contributed by atoms with Gasteiger partial charge in [0, 0.05) is 30.2 Å². The van der Waals surface area contributed by atoms with Crippen LogP contribution in [-0.2, 0) is 6.42 Å². The van der Waals surface area contributed by atoms with Gasteiger partial charge < -0.3 is 10.2 Å². The summed E-state index contributed by atoms with van der Waals surface area (Å²) in [5.74, 6) is -0.542. The van der Waals surface area contributed by atoms with Crippen molar-refractivity contribution in [3.8, 4) is 0 Å². The summed E-state index contributed by atoms with van der Waals surface area (Å²) >= 11 is 0. The molecule has 5 nitrogen and oxygen atoms in total. The third-order valence-corrected chi connectivity index (χ3v) is 4.33. The van der Waals surface area contributed by atoms with Crippen molar-refractivity contribution in [2.24, 2.45) is 0 Å². The standard InChI is InChI=1S/C22H21N3O2/c1-3-16-9-7-8-12-19(16)24-21(26)20-15-17(13-14-23-20)22(27)25(2)18-10-5-4-6-11-18/h4-15H,3H2,1-2H3,(H,24,26). The van der Waals surface area contributed by atoms with Crippen molar-refractivity contribution < 1.29 is 9.59 Å². The number of amides is 2. The lowest BCUT2D eigenvalue weighted by Crippen LogP contribution is -2.26. The van der Waals surface area contributed by atoms with E-state index in [9.17, 15) is 9.59 Å². The second kappa shape index (κ2) is 8.27. The van der Waals surface area contributed by atoms with Crippen LogP contribution >= 0.6 is 0 Å². The second-order valence-corrected chi connectivity index (χ2v) is 6.09. The molecule has 0 bridgehead atoms. The fourth-order valence-electron chi connectivity index (χ4n) is 2.79. The molecule has 0 aliphatic rings. The highest BCUT2D eigenvalue weighted by Gasteiger charge is 2.16. The normalized spacial score (nSPS) is 10.3. The molecule has 0 fully saturated rings. The lowest BCUT2D eigenvalue weighted by atomic mass is 10.1. The van der Waals surface area contributed by atoms with Gasteiger partial charge >= 0.3 is 0 Å². The number of hydrogen-bond acceptors (Lipinski definition) is 3. The Labute approximate surface area is 158 Å². The zero-order valence-electron chi connectivity index (χ0n) is 15.3. The largest absolute Gasteiger partial charge is 0.320 e. The minimum absolute atomic E-state index is 0.202. The third kappa shape index (κ3) is 4.20. The Morgan fingerprint density at radius 3 is 2.44 bits per heavy atom. The monoisotopic (exact) mass is 359 g/mol. The van der Waals surface area contributed by atoms with Crippen LogP contribution in [0.25, 0.3) is 0 Å². The van der Waals surface area contributed by atoms with E-state index in [1.54, 1.807) is 18.0 Å². The Morgan fingerprint density at radius 2 is 1.70 bits per heavy atom. The number of para-hydroxylation sites is 2. The molecule has 0 saturated heterocycles. The molecule has 0 radical (unpaired) electrons. The van der Waals surface area contributed by atoms with Gasteiger partial charge in [0.2, 0.25) is 0 Å². The Balaban J connectivity index is 1.80. The Bertz CT molecular complexity index is 955. The molecule has 27 heavy (non-hydrogen) atoms. The molecule has 0 aliphatic heterocycles. The SMILES string of the molecule is CCc1ccccc1NC(=O)c1cc(C(=O)N(C)c2ccccc2)ccn1. The maximum atomic E-state index is 12.7. The van der Waals surface area contributed by atoms with Crippen LogP contribution < -0.4 is 10.2 Å². The summed E-state index contributed by atoms with van der Waals surface area (Å²) in [6.45, 7) is 2.03. The highest BCUT2D eigenvalue weighted by Crippen LogP contribution is 2.18. The maximum Gasteiger partial charge on any atom is 0.274 e. The number of anilines is 2. The summed E-state index contributed by atoms with van der Waals surface area (Å²) in [4.78, 5) is 31.0. The quantitative estimate of drug-likeness (QED) is 0.743. The molecule has 2 amide bonds. The second-order valence-electron chi connectivity index (χ2n) is 6.09. The van der Waals surface area contributed by atoms with Crippen molar-refractivity contribution in [1.29, 1.82) is 0 Å². The lowest BCUT2D eigenvalue weighted by Gasteiger charge is -2.17. The highest BCUT2D eigenvalue weighted by molar-refractivity contribution is 6.08. The first-order valence-electron chi connectivity index (χ1n) is 8.78. The van der Waals surface area contributed by atoms with Crippen LogP contribution in [0.5, 0.6) is 0 Å². The van der Waals surface area contributed by atoms with Gasteiger partial charge in [0.05, 0.1) is 0 Å². The van der Waals surface area contributed by atoms with E-state index >= 15 is 0 Å². The Morgan fingerprint density at radius 1 is 1.00 bits per heavy atom. The molecule has 1 heterocycles. The molecule has 0 unspecified atom stereocenters. The summed E-state index contributed by atoms with van der Waals surface area (Å²) in [6, 6.07) is 20.1. The number of hydrogen-bond donors (Lipinski definition) is 1. The van der Waals surface area contributed by atoms with Gasteiger partial charge in [-0.15, -0.1) is 0 Å². The minimum Gasteiger partial charge on any atom is -0.320 e. The fourth-order valence-corrected chi connectivity index (χ4v) is 2.79. The van der Waals surface area contributed by atoms with E-state index in [-0.39, 0.29) is 17.5 Å². The van der Waals surface area contributed by atoms with Crippen molar-refractivity contribution in [3.63, 3.8) is 0 Å². The molecule has 5 heteroatoms. The number of nitrogens with one attached hydrogen (secondary N) is 1. The van der Waals surface area contributed by atoms with Crippen molar-refractivity contribution in [2.75, 3.05) is 17.3 Å². The average molecular weight is 359 g/mol. The molecule has 0 aliphatic carbocycles. The topological polar surface area (TPSA) is 62.3 Å². The van der Waals surface area contributed by atoms with E-state index in [1.807, 2.05) is 61.5 Å². The molecular weight excluding hydrogens is 338 g/mol. The molecular formula is C22H21N3O2. The molecule has 2 aromatic carbocycles. The van der Waals surface area contributed by atoms with Crippen LogP contribution in [0.4, 0.5) is 11.4 Å². The smallest absolute Gasteiger partial charge is 0.274 e. The number of nitrogens with zero attached hydrogens (tertiary/aromatic N) is 2. The van der Waals surface area contributed by atoms with Gasteiger partial charge in [-0.1, -0.05) is 43.3 Å². The number of carbonyl (C=O) groups is 2. The Hall–Kier alpha value is -3.47. The number of benzene rings is 2. The van der Waals surface area contributed by atoms with Gasteiger partial charge in [0.15, 0.2) is 0 Å². The van der Waals surface area contributed by atoms with E-state index in [0.717, 1.165) is 23.4 Å². The molecule has 0 atom stereocenters. The summed E-state index contributed by atoms with van der Waals surface area (Å²) in [5.41, 5.74) is 3.19. The summed E-state index contributed by atoms with van der Waals surface area (Å²) < 4.78 is 0. The van der Waals surface area contributed by atoms with Gasteiger partial charge in [0.1, 0.15) is 5.69 Å². The van der Waals surface area contributed by atoms with Gasteiger partial charge in [-0.3, -0.25) is 14.6 Å². The zero-order chi connectivity index (χ0) is 19.2. The number of aryl methyl sites for hydroxylation is 1. The van der Waals surface area contributed by atoms with Crippen LogP contribution in [0.1, 0.15) is 33.3 Å². The first kappa shape index (κ1) is 18.3. The summed E-state index contributed by atoms with van der Waals surface area (Å²) in [7, 11) is 1.70. The number of rotatable bonds is 5. The van der Waals surface area contributed by atoms with Crippen LogP contribution in [0.15, 0.2) is 72.9 Å². The van der Waals surface area contributed by atoms with Gasteiger partial charge in [0.25, 0.3) is 11.8 Å². The predicted octanol–water partition coefficient (Wildman–Crippen LogP) is 4.17. The zero-order valence-corrected chi connectivity index (χ0v) is 15.3. The number of aromatic nitrogens is 1. The van der Waals surface area contributed by atoms with E-state index in [2.05, 4.69) is 10.3 Å². The van der Waals surface area contributed by atoms with Gasteiger partial charge in [-0.05, 0) is 42.3 Å². The lowest BCUT2D eigenvalue weighted by molar-refractivity contribution is 0.0993. The highest BCUT2D eigenvalue weighted by atomic mass is 16.2. The van der Waals surface area contributed by atoms with Crippen molar-refractivity contribution in [2.45, 2.75) is 13.3 Å². The van der Waals surface area contributed by atoms with Gasteiger partial charge in [-0.2, -0.15) is 0 Å². The third-order valence-electron chi connectivity index (χ3n) is 4.33. The van der Waals surface area contributed by atoms with Gasteiger partial charge in [-0.25, -0.2) is 0 Å².